The van der Waals surface area contributed by atoms with Gasteiger partial charge in [0.1, 0.15) is 5.75 Å². The number of anilines is 1. The number of benzene rings is 3. The first-order valence-corrected chi connectivity index (χ1v) is 9.23. The molecule has 0 fully saturated rings. The second kappa shape index (κ2) is 8.58. The number of carbonyl (C=O) groups is 1. The number of hydrogen-bond acceptors (Lipinski definition) is 5. The van der Waals surface area contributed by atoms with Gasteiger partial charge in [0.15, 0.2) is 6.61 Å². The molecule has 6 nitrogen and oxygen atoms in total. The molecule has 7 heteroatoms. The zero-order chi connectivity index (χ0) is 20.1. The SMILES string of the molecule is O=C(Nc1ccccc1)c1ccccc1OCc1nnc(-c2cccc(Cl)c2)o1. The van der Waals surface area contributed by atoms with Gasteiger partial charge in [0, 0.05) is 16.3 Å². The van der Waals surface area contributed by atoms with Crippen LogP contribution in [0, 0.1) is 0 Å². The van der Waals surface area contributed by atoms with Gasteiger partial charge in [-0.15, -0.1) is 10.2 Å². The van der Waals surface area contributed by atoms with Crippen molar-refractivity contribution in [2.75, 3.05) is 5.32 Å². The second-order valence-electron chi connectivity index (χ2n) is 6.12. The van der Waals surface area contributed by atoms with E-state index in [0.717, 1.165) is 5.56 Å². The molecule has 4 aromatic rings. The molecule has 0 bridgehead atoms. The van der Waals surface area contributed by atoms with Crippen LogP contribution in [0.1, 0.15) is 16.2 Å². The fraction of sp³-hybridized carbons (Fsp3) is 0.0455. The van der Waals surface area contributed by atoms with E-state index in [0.29, 0.717) is 33.8 Å². The lowest BCUT2D eigenvalue weighted by Crippen LogP contribution is -2.13. The Morgan fingerprint density at radius 3 is 2.59 bits per heavy atom. The van der Waals surface area contributed by atoms with Crippen molar-refractivity contribution < 1.29 is 13.9 Å². The molecule has 0 spiro atoms. The molecule has 0 saturated carbocycles. The van der Waals surface area contributed by atoms with Gasteiger partial charge in [-0.05, 0) is 42.5 Å². The van der Waals surface area contributed by atoms with Gasteiger partial charge in [-0.1, -0.05) is 48.0 Å². The van der Waals surface area contributed by atoms with Gasteiger partial charge in [-0.3, -0.25) is 4.79 Å². The maximum Gasteiger partial charge on any atom is 0.259 e. The van der Waals surface area contributed by atoms with Crippen LogP contribution in [0.15, 0.2) is 83.3 Å². The summed E-state index contributed by atoms with van der Waals surface area (Å²) in [5.74, 6) is 0.792. The van der Waals surface area contributed by atoms with E-state index in [2.05, 4.69) is 15.5 Å². The molecule has 1 heterocycles. The Hall–Kier alpha value is -3.64. The first-order valence-electron chi connectivity index (χ1n) is 8.85. The van der Waals surface area contributed by atoms with E-state index in [1.165, 1.54) is 0 Å². The fourth-order valence-corrected chi connectivity index (χ4v) is 2.88. The van der Waals surface area contributed by atoms with Crippen molar-refractivity contribution in [3.63, 3.8) is 0 Å². The van der Waals surface area contributed by atoms with E-state index in [1.54, 1.807) is 42.5 Å². The van der Waals surface area contributed by atoms with Gasteiger partial charge in [0.05, 0.1) is 5.56 Å². The van der Waals surface area contributed by atoms with Crippen LogP contribution in [0.5, 0.6) is 5.75 Å². The fourth-order valence-electron chi connectivity index (χ4n) is 2.69. The molecular formula is C22H16ClN3O3. The largest absolute Gasteiger partial charge is 0.483 e. The van der Waals surface area contributed by atoms with Gasteiger partial charge >= 0.3 is 0 Å². The number of nitrogens with one attached hydrogen (secondary N) is 1. The second-order valence-corrected chi connectivity index (χ2v) is 6.55. The molecule has 1 aromatic heterocycles. The van der Waals surface area contributed by atoms with E-state index in [-0.39, 0.29) is 12.5 Å². The quantitative estimate of drug-likeness (QED) is 0.475. The third-order valence-electron chi connectivity index (χ3n) is 4.05. The Morgan fingerprint density at radius 1 is 0.966 bits per heavy atom. The predicted octanol–water partition coefficient (Wildman–Crippen LogP) is 5.22. The van der Waals surface area contributed by atoms with Crippen molar-refractivity contribution in [2.45, 2.75) is 6.61 Å². The van der Waals surface area contributed by atoms with E-state index >= 15 is 0 Å². The molecule has 144 valence electrons. The first-order chi connectivity index (χ1) is 14.2. The molecule has 0 aliphatic rings. The normalized spacial score (nSPS) is 10.5. The summed E-state index contributed by atoms with van der Waals surface area (Å²) in [6.07, 6.45) is 0. The molecule has 0 radical (unpaired) electrons. The molecule has 1 amide bonds. The summed E-state index contributed by atoms with van der Waals surface area (Å²) in [4.78, 5) is 12.6. The minimum absolute atomic E-state index is 0.0309. The molecule has 0 aliphatic carbocycles. The number of carbonyl (C=O) groups excluding carboxylic acids is 1. The monoisotopic (exact) mass is 405 g/mol. The molecule has 0 aliphatic heterocycles. The Morgan fingerprint density at radius 2 is 1.76 bits per heavy atom. The predicted molar refractivity (Wildman–Crippen MR) is 110 cm³/mol. The van der Waals surface area contributed by atoms with Crippen LogP contribution in [0.2, 0.25) is 5.02 Å². The maximum absolute atomic E-state index is 12.6. The number of nitrogens with zero attached hydrogens (tertiary/aromatic N) is 2. The molecule has 0 unspecified atom stereocenters. The van der Waals surface area contributed by atoms with Crippen molar-refractivity contribution in [3.05, 3.63) is 95.3 Å². The lowest BCUT2D eigenvalue weighted by Gasteiger charge is -2.10. The topological polar surface area (TPSA) is 77.2 Å². The average molecular weight is 406 g/mol. The summed E-state index contributed by atoms with van der Waals surface area (Å²) in [6.45, 7) is 0.0309. The number of ether oxygens (including phenoxy) is 1. The summed E-state index contributed by atoms with van der Waals surface area (Å²) in [6, 6.07) is 23.3. The number of hydrogen-bond donors (Lipinski definition) is 1. The molecule has 0 atom stereocenters. The van der Waals surface area contributed by atoms with Crippen LogP contribution in [-0.2, 0) is 6.61 Å². The maximum atomic E-state index is 12.6. The van der Waals surface area contributed by atoms with Crippen molar-refractivity contribution >= 4 is 23.2 Å². The Bertz CT molecular complexity index is 1130. The summed E-state index contributed by atoms with van der Waals surface area (Å²) in [5, 5.41) is 11.4. The summed E-state index contributed by atoms with van der Waals surface area (Å²) >= 11 is 6.00. The summed E-state index contributed by atoms with van der Waals surface area (Å²) in [7, 11) is 0. The third kappa shape index (κ3) is 4.62. The van der Waals surface area contributed by atoms with Gasteiger partial charge < -0.3 is 14.5 Å². The van der Waals surface area contributed by atoms with Crippen LogP contribution in [0.3, 0.4) is 0 Å². The molecule has 3 aromatic carbocycles. The van der Waals surface area contributed by atoms with Crippen LogP contribution in [0.4, 0.5) is 5.69 Å². The van der Waals surface area contributed by atoms with Crippen molar-refractivity contribution in [1.29, 1.82) is 0 Å². The number of rotatable bonds is 6. The highest BCUT2D eigenvalue weighted by Crippen LogP contribution is 2.23. The standard InChI is InChI=1S/C22H16ClN3O3/c23-16-8-6-7-15(13-16)22-26-25-20(29-22)14-28-19-12-5-4-11-18(19)21(27)24-17-9-2-1-3-10-17/h1-13H,14H2,(H,24,27). The highest BCUT2D eigenvalue weighted by atomic mass is 35.5. The minimum Gasteiger partial charge on any atom is -0.483 e. The lowest BCUT2D eigenvalue weighted by atomic mass is 10.2. The van der Waals surface area contributed by atoms with Crippen LogP contribution < -0.4 is 10.1 Å². The number of para-hydroxylation sites is 2. The third-order valence-corrected chi connectivity index (χ3v) is 4.29. The van der Waals surface area contributed by atoms with Crippen LogP contribution in [0.25, 0.3) is 11.5 Å². The van der Waals surface area contributed by atoms with Crippen LogP contribution >= 0.6 is 11.6 Å². The van der Waals surface area contributed by atoms with E-state index in [4.69, 9.17) is 20.8 Å². The summed E-state index contributed by atoms with van der Waals surface area (Å²) in [5.41, 5.74) is 1.83. The molecule has 4 rings (SSSR count). The molecule has 29 heavy (non-hydrogen) atoms. The highest BCUT2D eigenvalue weighted by Gasteiger charge is 2.14. The first kappa shape index (κ1) is 18.7. The van der Waals surface area contributed by atoms with E-state index < -0.39 is 0 Å². The zero-order valence-electron chi connectivity index (χ0n) is 15.2. The van der Waals surface area contributed by atoms with Crippen molar-refractivity contribution in [2.24, 2.45) is 0 Å². The number of amides is 1. The minimum atomic E-state index is -0.267. The smallest absolute Gasteiger partial charge is 0.259 e. The zero-order valence-corrected chi connectivity index (χ0v) is 16.0. The van der Waals surface area contributed by atoms with Crippen molar-refractivity contribution in [3.8, 4) is 17.2 Å². The van der Waals surface area contributed by atoms with Crippen molar-refractivity contribution in [1.82, 2.24) is 10.2 Å². The Labute approximate surface area is 172 Å². The number of halogens is 1. The van der Waals surface area contributed by atoms with Gasteiger partial charge in [-0.25, -0.2) is 0 Å². The Balaban J connectivity index is 1.46. The summed E-state index contributed by atoms with van der Waals surface area (Å²) < 4.78 is 11.4. The highest BCUT2D eigenvalue weighted by molar-refractivity contribution is 6.30. The average Bonchev–Trinajstić information content (AvgIpc) is 3.22. The molecular weight excluding hydrogens is 390 g/mol. The molecule has 0 saturated heterocycles. The Kier molecular flexibility index (Phi) is 5.54. The van der Waals surface area contributed by atoms with E-state index in [1.807, 2.05) is 36.4 Å². The van der Waals surface area contributed by atoms with Gasteiger partial charge in [-0.2, -0.15) is 0 Å². The van der Waals surface area contributed by atoms with E-state index in [9.17, 15) is 4.79 Å². The molecule has 1 N–H and O–H groups in total. The lowest BCUT2D eigenvalue weighted by molar-refractivity contribution is 0.102. The van der Waals surface area contributed by atoms with Crippen LogP contribution in [-0.4, -0.2) is 16.1 Å². The van der Waals surface area contributed by atoms with Gasteiger partial charge in [0.2, 0.25) is 5.89 Å². The van der Waals surface area contributed by atoms with Gasteiger partial charge in [0.25, 0.3) is 11.8 Å². The number of aromatic nitrogens is 2.